The topological polar surface area (TPSA) is 101 Å². The third-order valence-corrected chi connectivity index (χ3v) is 9.52. The van der Waals surface area contributed by atoms with Crippen molar-refractivity contribution >= 4 is 29.1 Å². The SMILES string of the molecule is Cc1c(CN(C(=O)C2=C(c3ccc(CCCOc4c(F)ccc(F)c4Cl)cc3)C[C@@H]3CC[C@H]2N3)C2CC2)ccnc1OCCC(=O)O. The van der Waals surface area contributed by atoms with Crippen LogP contribution in [0.1, 0.15) is 67.2 Å². The highest BCUT2D eigenvalue weighted by Gasteiger charge is 2.42. The van der Waals surface area contributed by atoms with Gasteiger partial charge in [-0.3, -0.25) is 9.59 Å². The molecule has 0 unspecified atom stereocenters. The van der Waals surface area contributed by atoms with E-state index in [1.165, 1.54) is 0 Å². The number of nitrogens with zero attached hydrogens (tertiary/aromatic N) is 2. The molecule has 0 spiro atoms. The van der Waals surface area contributed by atoms with Crippen molar-refractivity contribution in [1.82, 2.24) is 15.2 Å². The van der Waals surface area contributed by atoms with E-state index in [2.05, 4.69) is 34.6 Å². The lowest BCUT2D eigenvalue weighted by atomic mass is 9.88. The number of rotatable bonds is 14. The summed E-state index contributed by atoms with van der Waals surface area (Å²) in [5.74, 6) is -2.18. The number of fused-ring (bicyclic) bond motifs is 2. The summed E-state index contributed by atoms with van der Waals surface area (Å²) in [7, 11) is 0. The van der Waals surface area contributed by atoms with Gasteiger partial charge >= 0.3 is 5.97 Å². The molecular formula is C36H38ClF2N3O5. The first-order valence-corrected chi connectivity index (χ1v) is 16.5. The average molecular weight is 666 g/mol. The summed E-state index contributed by atoms with van der Waals surface area (Å²) in [6.07, 6.45) is 7.41. The van der Waals surface area contributed by atoms with Gasteiger partial charge in [-0.1, -0.05) is 35.9 Å². The maximum absolute atomic E-state index is 14.5. The van der Waals surface area contributed by atoms with Crippen LogP contribution in [0, 0.1) is 18.6 Å². The van der Waals surface area contributed by atoms with Crippen molar-refractivity contribution in [2.75, 3.05) is 13.2 Å². The molecule has 11 heteroatoms. The molecule has 2 fully saturated rings. The number of halogens is 3. The lowest BCUT2D eigenvalue weighted by molar-refractivity contribution is -0.137. The fourth-order valence-corrected chi connectivity index (χ4v) is 6.69. The summed E-state index contributed by atoms with van der Waals surface area (Å²) in [4.78, 5) is 31.7. The highest BCUT2D eigenvalue weighted by Crippen LogP contribution is 2.40. The van der Waals surface area contributed by atoms with E-state index in [4.69, 9.17) is 26.2 Å². The Morgan fingerprint density at radius 3 is 2.53 bits per heavy atom. The molecule has 8 nitrogen and oxygen atoms in total. The molecule has 6 rings (SSSR count). The van der Waals surface area contributed by atoms with Crippen LogP contribution in [-0.2, 0) is 22.6 Å². The molecule has 3 aromatic rings. The molecule has 1 saturated carbocycles. The van der Waals surface area contributed by atoms with Crippen molar-refractivity contribution in [2.24, 2.45) is 0 Å². The quantitative estimate of drug-likeness (QED) is 0.147. The van der Waals surface area contributed by atoms with Gasteiger partial charge in [-0.05, 0) is 92.3 Å². The van der Waals surface area contributed by atoms with Crippen molar-refractivity contribution in [1.29, 1.82) is 0 Å². The maximum Gasteiger partial charge on any atom is 0.306 e. The van der Waals surface area contributed by atoms with Crippen LogP contribution in [-0.4, -0.2) is 58.2 Å². The summed E-state index contributed by atoms with van der Waals surface area (Å²) in [6, 6.07) is 12.6. The minimum atomic E-state index is -0.936. The van der Waals surface area contributed by atoms with Gasteiger partial charge in [0.2, 0.25) is 5.88 Å². The molecule has 2 aromatic carbocycles. The van der Waals surface area contributed by atoms with Crippen LogP contribution in [0.4, 0.5) is 8.78 Å². The van der Waals surface area contributed by atoms with Gasteiger partial charge < -0.3 is 24.8 Å². The number of nitrogens with one attached hydrogen (secondary N) is 1. The maximum atomic E-state index is 14.5. The number of pyridine rings is 1. The molecule has 0 radical (unpaired) electrons. The van der Waals surface area contributed by atoms with Crippen molar-refractivity contribution in [3.05, 3.63) is 93.1 Å². The molecule has 1 amide bonds. The Hall–Kier alpha value is -4.02. The minimum absolute atomic E-state index is 0.00202. The van der Waals surface area contributed by atoms with Crippen molar-refractivity contribution in [3.63, 3.8) is 0 Å². The van der Waals surface area contributed by atoms with Crippen LogP contribution in [0.5, 0.6) is 11.6 Å². The first-order chi connectivity index (χ1) is 22.7. The molecule has 2 atom stereocenters. The lowest BCUT2D eigenvalue weighted by Gasteiger charge is -2.32. The third kappa shape index (κ3) is 7.60. The van der Waals surface area contributed by atoms with E-state index in [1.54, 1.807) is 6.20 Å². The monoisotopic (exact) mass is 665 g/mol. The molecule has 2 N–H and O–H groups in total. The summed E-state index contributed by atoms with van der Waals surface area (Å²) in [5, 5.41) is 12.3. The van der Waals surface area contributed by atoms with Gasteiger partial charge in [-0.25, -0.2) is 13.8 Å². The number of aryl methyl sites for hydroxylation is 1. The molecule has 1 aromatic heterocycles. The molecule has 2 aliphatic heterocycles. The number of carbonyl (C=O) groups is 2. The number of carbonyl (C=O) groups excluding carboxylic acids is 1. The predicted octanol–water partition coefficient (Wildman–Crippen LogP) is 6.66. The zero-order chi connectivity index (χ0) is 33.1. The van der Waals surface area contributed by atoms with E-state index in [9.17, 15) is 18.4 Å². The number of aromatic nitrogens is 1. The van der Waals surface area contributed by atoms with Gasteiger partial charge in [0.1, 0.15) is 17.4 Å². The van der Waals surface area contributed by atoms with E-state index in [0.717, 1.165) is 77.6 Å². The molecular weight excluding hydrogens is 628 g/mol. The zero-order valence-corrected chi connectivity index (χ0v) is 27.0. The Morgan fingerprint density at radius 2 is 1.79 bits per heavy atom. The third-order valence-electron chi connectivity index (χ3n) is 9.17. The highest BCUT2D eigenvalue weighted by atomic mass is 35.5. The minimum Gasteiger partial charge on any atom is -0.489 e. The second kappa shape index (κ2) is 14.4. The van der Waals surface area contributed by atoms with E-state index in [1.807, 2.05) is 17.9 Å². The number of aliphatic carboxylic acids is 1. The van der Waals surface area contributed by atoms with Crippen molar-refractivity contribution < 1.29 is 33.0 Å². The Kier molecular flexibility index (Phi) is 10.1. The van der Waals surface area contributed by atoms with Crippen LogP contribution in [0.15, 0.2) is 54.2 Å². The molecule has 1 aliphatic carbocycles. The first-order valence-electron chi connectivity index (χ1n) is 16.1. The predicted molar refractivity (Wildman–Crippen MR) is 173 cm³/mol. The van der Waals surface area contributed by atoms with Crippen LogP contribution in [0.25, 0.3) is 5.57 Å². The molecule has 47 heavy (non-hydrogen) atoms. The average Bonchev–Trinajstić information content (AvgIpc) is 3.84. The fraction of sp³-hybridized carbons (Fsp3) is 0.417. The van der Waals surface area contributed by atoms with E-state index < -0.39 is 17.6 Å². The zero-order valence-electron chi connectivity index (χ0n) is 26.2. The molecule has 248 valence electrons. The standard InChI is InChI=1S/C36H38ClF2N3O5/c1-21-24(14-16-40-35(21)47-18-15-31(43)44)20-42(26-9-10-26)36(45)32-27(19-25-8-13-30(32)41-25)23-6-4-22(5-7-23)3-2-17-46-34-29(39)12-11-28(38)33(34)37/h4-7,11-12,14,16,25-26,30,41H,2-3,8-10,13,15,17-20H2,1H3,(H,43,44)/t25-,30+/m0/s1. The lowest BCUT2D eigenvalue weighted by Crippen LogP contribution is -2.44. The smallest absolute Gasteiger partial charge is 0.306 e. The number of hydrogen-bond donors (Lipinski definition) is 2. The second-order valence-electron chi connectivity index (χ2n) is 12.5. The summed E-state index contributed by atoms with van der Waals surface area (Å²) in [6.45, 7) is 2.53. The molecule has 3 aliphatic rings. The van der Waals surface area contributed by atoms with Crippen LogP contribution in [0.2, 0.25) is 5.02 Å². The Balaban J connectivity index is 1.17. The summed E-state index contributed by atoms with van der Waals surface area (Å²) in [5.41, 5.74) is 5.76. The Morgan fingerprint density at radius 1 is 1.02 bits per heavy atom. The van der Waals surface area contributed by atoms with E-state index >= 15 is 0 Å². The first kappa shape index (κ1) is 32.9. The Labute approximate surface area is 277 Å². The number of benzene rings is 2. The van der Waals surface area contributed by atoms with Gasteiger partial charge in [0, 0.05) is 42.0 Å². The number of amides is 1. The molecule has 2 bridgehead atoms. The van der Waals surface area contributed by atoms with Crippen LogP contribution < -0.4 is 14.8 Å². The molecule has 3 heterocycles. The molecule has 1 saturated heterocycles. The second-order valence-corrected chi connectivity index (χ2v) is 12.8. The van der Waals surface area contributed by atoms with E-state index in [-0.39, 0.29) is 48.4 Å². The largest absolute Gasteiger partial charge is 0.489 e. The number of carboxylic acid groups (broad SMARTS) is 1. The Bertz CT molecular complexity index is 1680. The number of ether oxygens (including phenoxy) is 2. The number of carboxylic acids is 1. The highest BCUT2D eigenvalue weighted by molar-refractivity contribution is 6.32. The van der Waals surface area contributed by atoms with Gasteiger partial charge in [0.25, 0.3) is 5.91 Å². The summed E-state index contributed by atoms with van der Waals surface area (Å²) < 4.78 is 38.8. The van der Waals surface area contributed by atoms with Gasteiger partial charge in [-0.2, -0.15) is 0 Å². The fourth-order valence-electron chi connectivity index (χ4n) is 6.49. The van der Waals surface area contributed by atoms with Gasteiger partial charge in [-0.15, -0.1) is 0 Å². The van der Waals surface area contributed by atoms with Crippen molar-refractivity contribution in [3.8, 4) is 11.6 Å². The van der Waals surface area contributed by atoms with Crippen LogP contribution in [0.3, 0.4) is 0 Å². The normalized spacial score (nSPS) is 18.7. The van der Waals surface area contributed by atoms with Gasteiger partial charge in [0.15, 0.2) is 11.6 Å². The van der Waals surface area contributed by atoms with Gasteiger partial charge in [0.05, 0.1) is 13.0 Å². The van der Waals surface area contributed by atoms with E-state index in [0.29, 0.717) is 31.3 Å². The summed E-state index contributed by atoms with van der Waals surface area (Å²) >= 11 is 5.86. The number of hydrogen-bond acceptors (Lipinski definition) is 6. The van der Waals surface area contributed by atoms with Crippen molar-refractivity contribution in [2.45, 2.75) is 83.0 Å². The van der Waals surface area contributed by atoms with Crippen LogP contribution >= 0.6 is 11.6 Å².